The Bertz CT molecular complexity index is 596. The lowest BCUT2D eigenvalue weighted by atomic mass is 10.1. The van der Waals surface area contributed by atoms with Crippen LogP contribution in [0.25, 0.3) is 0 Å². The van der Waals surface area contributed by atoms with Crippen LogP contribution in [0.4, 0.5) is 0 Å². The first-order chi connectivity index (χ1) is 11.1. The highest BCUT2D eigenvalue weighted by Crippen LogP contribution is 2.26. The number of nitrogens with zero attached hydrogens (tertiary/aromatic N) is 1. The van der Waals surface area contributed by atoms with Crippen LogP contribution in [0.5, 0.6) is 0 Å². The van der Waals surface area contributed by atoms with E-state index in [9.17, 15) is 4.79 Å². The molecule has 122 valence electrons. The van der Waals surface area contributed by atoms with E-state index in [1.54, 1.807) is 0 Å². The first kappa shape index (κ1) is 18.2. The van der Waals surface area contributed by atoms with Gasteiger partial charge < -0.3 is 4.90 Å². The first-order valence-electron chi connectivity index (χ1n) is 7.93. The Labute approximate surface area is 155 Å². The van der Waals surface area contributed by atoms with Crippen LogP contribution in [0.3, 0.4) is 0 Å². The van der Waals surface area contributed by atoms with Crippen molar-refractivity contribution in [1.82, 2.24) is 4.90 Å². The van der Waals surface area contributed by atoms with Gasteiger partial charge in [-0.3, -0.25) is 4.79 Å². The van der Waals surface area contributed by atoms with Crippen LogP contribution < -0.4 is 0 Å². The van der Waals surface area contributed by atoms with E-state index in [0.717, 1.165) is 17.7 Å². The average Bonchev–Trinajstić information content (AvgIpc) is 2.55. The summed E-state index contributed by atoms with van der Waals surface area (Å²) in [5.74, 6) is -0.0222. The Morgan fingerprint density at radius 3 is 2.17 bits per heavy atom. The van der Waals surface area contributed by atoms with Crippen LogP contribution in [0, 0.1) is 0 Å². The van der Waals surface area contributed by atoms with Crippen molar-refractivity contribution in [2.45, 2.75) is 32.6 Å². The minimum Gasteiger partial charge on any atom is -0.354 e. The Kier molecular flexibility index (Phi) is 7.31. The lowest BCUT2D eigenvalue weighted by Crippen LogP contribution is -2.13. The molecule has 0 saturated heterocycles. The number of allylic oxidation sites excluding steroid dienone is 10. The molecule has 4 heteroatoms. The minimum absolute atomic E-state index is 0.0222. The third-order valence-corrected chi connectivity index (χ3v) is 4.85. The number of ketones is 1. The molecule has 0 radical (unpaired) electrons. The lowest BCUT2D eigenvalue weighted by molar-refractivity contribution is -0.110. The summed E-state index contributed by atoms with van der Waals surface area (Å²) in [6.07, 6.45) is 21.3. The third-order valence-electron chi connectivity index (χ3n) is 3.68. The van der Waals surface area contributed by atoms with Crippen molar-refractivity contribution in [1.29, 1.82) is 0 Å². The Hall–Kier alpha value is -1.13. The lowest BCUT2D eigenvalue weighted by Gasteiger charge is -2.18. The number of hydrogen-bond acceptors (Lipinski definition) is 2. The van der Waals surface area contributed by atoms with Crippen molar-refractivity contribution in [3.05, 3.63) is 69.0 Å². The third kappa shape index (κ3) is 5.78. The monoisotopic (exact) mass is 437 g/mol. The molecule has 0 aromatic heterocycles. The second kappa shape index (κ2) is 9.24. The Morgan fingerprint density at radius 2 is 1.57 bits per heavy atom. The Balaban J connectivity index is 1.92. The van der Waals surface area contributed by atoms with Crippen molar-refractivity contribution in [2.75, 3.05) is 6.54 Å². The number of Topliss-reactive ketones (excluding diaryl/α,β-unsaturated/α-hetero) is 1. The standard InChI is InChI=1S/C19H21Br2NO/c1-2-3-4-5-10-22-11-8-15(9-12-22)6-7-16-13-17(20)19(23)18(21)14-16/h6-9,11-14H,2-5,10H2,1H3. The molecule has 23 heavy (non-hydrogen) atoms. The fraction of sp³-hybridized carbons (Fsp3) is 0.316. The number of carbonyl (C=O) groups is 1. The van der Waals surface area contributed by atoms with E-state index in [-0.39, 0.29) is 5.78 Å². The zero-order chi connectivity index (χ0) is 16.7. The molecule has 2 rings (SSSR count). The summed E-state index contributed by atoms with van der Waals surface area (Å²) >= 11 is 6.58. The van der Waals surface area contributed by atoms with E-state index in [2.05, 4.69) is 74.3 Å². The van der Waals surface area contributed by atoms with E-state index in [1.165, 1.54) is 25.7 Å². The summed E-state index contributed by atoms with van der Waals surface area (Å²) in [5.41, 5.74) is 2.13. The van der Waals surface area contributed by atoms with Crippen molar-refractivity contribution >= 4 is 37.6 Å². The van der Waals surface area contributed by atoms with Gasteiger partial charge in [-0.2, -0.15) is 0 Å². The van der Waals surface area contributed by atoms with Crippen molar-refractivity contribution < 1.29 is 4.79 Å². The van der Waals surface area contributed by atoms with Gasteiger partial charge in [0.05, 0.1) is 8.96 Å². The minimum atomic E-state index is -0.0222. The average molecular weight is 439 g/mol. The zero-order valence-corrected chi connectivity index (χ0v) is 16.4. The summed E-state index contributed by atoms with van der Waals surface area (Å²) in [7, 11) is 0. The molecule has 0 bridgehead atoms. The first-order valence-corrected chi connectivity index (χ1v) is 9.52. The van der Waals surface area contributed by atoms with Crippen LogP contribution in [0.15, 0.2) is 69.0 Å². The molecular formula is C19H21Br2NO. The molecule has 0 atom stereocenters. The van der Waals surface area contributed by atoms with Gasteiger partial charge in [0.15, 0.2) is 0 Å². The van der Waals surface area contributed by atoms with E-state index in [4.69, 9.17) is 0 Å². The molecule has 0 fully saturated rings. The Morgan fingerprint density at radius 1 is 0.957 bits per heavy atom. The molecule has 2 aliphatic rings. The van der Waals surface area contributed by atoms with Gasteiger partial charge in [0, 0.05) is 18.9 Å². The molecule has 0 N–H and O–H groups in total. The van der Waals surface area contributed by atoms with Gasteiger partial charge >= 0.3 is 0 Å². The second-order valence-corrected chi connectivity index (χ2v) is 7.29. The van der Waals surface area contributed by atoms with Crippen molar-refractivity contribution in [3.8, 4) is 0 Å². The van der Waals surface area contributed by atoms with Crippen LogP contribution >= 0.6 is 31.9 Å². The molecule has 0 spiro atoms. The maximum Gasteiger partial charge on any atom is 0.206 e. The van der Waals surface area contributed by atoms with Crippen LogP contribution in [-0.2, 0) is 4.79 Å². The number of unbranched alkanes of at least 4 members (excludes halogenated alkanes) is 3. The number of rotatable bonds is 6. The highest BCUT2D eigenvalue weighted by molar-refractivity contribution is 9.13. The molecule has 1 aliphatic carbocycles. The van der Waals surface area contributed by atoms with Gasteiger partial charge in [-0.1, -0.05) is 38.3 Å². The van der Waals surface area contributed by atoms with Crippen LogP contribution in [0.2, 0.25) is 0 Å². The predicted octanol–water partition coefficient (Wildman–Crippen LogP) is 5.90. The highest BCUT2D eigenvalue weighted by atomic mass is 79.9. The highest BCUT2D eigenvalue weighted by Gasteiger charge is 2.15. The van der Waals surface area contributed by atoms with Crippen LogP contribution in [-0.4, -0.2) is 17.2 Å². The van der Waals surface area contributed by atoms with E-state index in [1.807, 2.05) is 18.2 Å². The predicted molar refractivity (Wildman–Crippen MR) is 104 cm³/mol. The smallest absolute Gasteiger partial charge is 0.206 e. The number of carbonyl (C=O) groups excluding carboxylic acids is 1. The molecule has 0 aromatic rings. The molecule has 0 saturated carbocycles. The zero-order valence-electron chi connectivity index (χ0n) is 13.3. The fourth-order valence-corrected chi connectivity index (χ4v) is 3.54. The summed E-state index contributed by atoms with van der Waals surface area (Å²) in [6.45, 7) is 3.31. The molecule has 2 nitrogen and oxygen atoms in total. The molecule has 1 heterocycles. The van der Waals surface area contributed by atoms with E-state index >= 15 is 0 Å². The van der Waals surface area contributed by atoms with Gasteiger partial charge in [0.1, 0.15) is 0 Å². The number of hydrogen-bond donors (Lipinski definition) is 0. The summed E-state index contributed by atoms with van der Waals surface area (Å²) in [5, 5.41) is 0. The second-order valence-electron chi connectivity index (χ2n) is 5.58. The van der Waals surface area contributed by atoms with E-state index in [0.29, 0.717) is 8.96 Å². The largest absolute Gasteiger partial charge is 0.354 e. The summed E-state index contributed by atoms with van der Waals surface area (Å²) < 4.78 is 1.15. The van der Waals surface area contributed by atoms with Crippen LogP contribution in [0.1, 0.15) is 32.6 Å². The molecule has 0 amide bonds. The molecule has 0 unspecified atom stereocenters. The molecule has 1 aliphatic heterocycles. The van der Waals surface area contributed by atoms with Crippen molar-refractivity contribution in [2.24, 2.45) is 0 Å². The normalized spacial score (nSPS) is 17.3. The van der Waals surface area contributed by atoms with Gasteiger partial charge in [0.2, 0.25) is 5.78 Å². The number of halogens is 2. The molecular weight excluding hydrogens is 418 g/mol. The van der Waals surface area contributed by atoms with Gasteiger partial charge in [-0.15, -0.1) is 0 Å². The fourth-order valence-electron chi connectivity index (χ4n) is 2.32. The maximum absolute atomic E-state index is 11.6. The molecule has 0 aromatic carbocycles. The summed E-state index contributed by atoms with van der Waals surface area (Å²) in [6, 6.07) is 0. The summed E-state index contributed by atoms with van der Waals surface area (Å²) in [4.78, 5) is 13.9. The van der Waals surface area contributed by atoms with Gasteiger partial charge in [-0.25, -0.2) is 0 Å². The quantitative estimate of drug-likeness (QED) is 0.481. The SMILES string of the molecule is CCCCCCN1C=CC(=CC=C2C=C(Br)C(=O)C(Br)=C2)C=C1. The van der Waals surface area contributed by atoms with Gasteiger partial charge in [-0.05, 0) is 73.7 Å². The van der Waals surface area contributed by atoms with Crippen molar-refractivity contribution in [3.63, 3.8) is 0 Å². The maximum atomic E-state index is 11.6. The topological polar surface area (TPSA) is 20.3 Å². The van der Waals surface area contributed by atoms with E-state index < -0.39 is 0 Å². The van der Waals surface area contributed by atoms with Gasteiger partial charge in [0.25, 0.3) is 0 Å².